The first-order chi connectivity index (χ1) is 7.24. The fourth-order valence-corrected chi connectivity index (χ4v) is 2.94. The molecular formula is C12H17NO2S. The standard InChI is InChI=1S/C12H17NO2S/c1-8-6-10(12(13)4-5-12)11(7-9(8)2)16(3,14)15/h6-7H,4-5,13H2,1-3H3. The third-order valence-corrected chi connectivity index (χ3v) is 4.46. The normalized spacial score (nSPS) is 18.5. The van der Waals surface area contributed by atoms with Gasteiger partial charge in [0.25, 0.3) is 0 Å². The van der Waals surface area contributed by atoms with Crippen LogP contribution in [0.1, 0.15) is 29.5 Å². The second kappa shape index (κ2) is 3.31. The van der Waals surface area contributed by atoms with Crippen LogP contribution in [0.4, 0.5) is 0 Å². The van der Waals surface area contributed by atoms with Gasteiger partial charge < -0.3 is 5.73 Å². The van der Waals surface area contributed by atoms with Crippen molar-refractivity contribution in [3.8, 4) is 0 Å². The minimum Gasteiger partial charge on any atom is -0.321 e. The zero-order chi connectivity index (χ0) is 12.1. The molecule has 0 spiro atoms. The summed E-state index contributed by atoms with van der Waals surface area (Å²) in [6.45, 7) is 3.90. The molecule has 1 aromatic carbocycles. The number of rotatable bonds is 2. The fourth-order valence-electron chi connectivity index (χ4n) is 1.89. The quantitative estimate of drug-likeness (QED) is 0.853. The van der Waals surface area contributed by atoms with Crippen molar-refractivity contribution >= 4 is 9.84 Å². The van der Waals surface area contributed by atoms with Crippen molar-refractivity contribution in [2.45, 2.75) is 37.1 Å². The van der Waals surface area contributed by atoms with Crippen LogP contribution in [0.25, 0.3) is 0 Å². The van der Waals surface area contributed by atoms with Crippen LogP contribution in [0.15, 0.2) is 17.0 Å². The van der Waals surface area contributed by atoms with Gasteiger partial charge in [-0.15, -0.1) is 0 Å². The van der Waals surface area contributed by atoms with Crippen LogP contribution in [0.3, 0.4) is 0 Å². The molecule has 0 unspecified atom stereocenters. The summed E-state index contributed by atoms with van der Waals surface area (Å²) in [5, 5.41) is 0. The Morgan fingerprint density at radius 1 is 1.19 bits per heavy atom. The van der Waals surface area contributed by atoms with Crippen LogP contribution in [-0.2, 0) is 15.4 Å². The Morgan fingerprint density at radius 3 is 2.12 bits per heavy atom. The van der Waals surface area contributed by atoms with E-state index in [9.17, 15) is 8.42 Å². The summed E-state index contributed by atoms with van der Waals surface area (Å²) >= 11 is 0. The number of benzene rings is 1. The van der Waals surface area contributed by atoms with E-state index in [0.29, 0.717) is 4.90 Å². The van der Waals surface area contributed by atoms with E-state index in [4.69, 9.17) is 5.73 Å². The van der Waals surface area contributed by atoms with Gasteiger partial charge in [-0.3, -0.25) is 0 Å². The molecule has 3 nitrogen and oxygen atoms in total. The fraction of sp³-hybridized carbons (Fsp3) is 0.500. The maximum atomic E-state index is 11.7. The van der Waals surface area contributed by atoms with Gasteiger partial charge in [-0.05, 0) is 49.4 Å². The smallest absolute Gasteiger partial charge is 0.175 e. The van der Waals surface area contributed by atoms with Crippen LogP contribution in [0, 0.1) is 13.8 Å². The molecule has 1 fully saturated rings. The lowest BCUT2D eigenvalue weighted by atomic mass is 10.00. The monoisotopic (exact) mass is 239 g/mol. The maximum Gasteiger partial charge on any atom is 0.175 e. The second-order valence-corrected chi connectivity index (χ2v) is 6.85. The molecule has 0 aromatic heterocycles. The summed E-state index contributed by atoms with van der Waals surface area (Å²) in [5.74, 6) is 0. The molecule has 0 saturated heterocycles. The van der Waals surface area contributed by atoms with Gasteiger partial charge in [0.1, 0.15) is 0 Å². The van der Waals surface area contributed by atoms with Crippen molar-refractivity contribution in [2.24, 2.45) is 5.73 Å². The Morgan fingerprint density at radius 2 is 1.69 bits per heavy atom. The number of hydrogen-bond acceptors (Lipinski definition) is 3. The van der Waals surface area contributed by atoms with Gasteiger partial charge in [-0.25, -0.2) is 8.42 Å². The van der Waals surface area contributed by atoms with Gasteiger partial charge in [-0.1, -0.05) is 6.07 Å². The predicted molar refractivity (Wildman–Crippen MR) is 64.1 cm³/mol. The van der Waals surface area contributed by atoms with Gasteiger partial charge in [-0.2, -0.15) is 0 Å². The molecule has 4 heteroatoms. The lowest BCUT2D eigenvalue weighted by molar-refractivity contribution is 0.597. The van der Waals surface area contributed by atoms with Gasteiger partial charge in [0.15, 0.2) is 9.84 Å². The first-order valence-corrected chi connectivity index (χ1v) is 7.24. The Hall–Kier alpha value is -0.870. The molecule has 16 heavy (non-hydrogen) atoms. The van der Waals surface area contributed by atoms with Crippen molar-refractivity contribution in [1.82, 2.24) is 0 Å². The predicted octanol–water partition coefficient (Wildman–Crippen LogP) is 1.65. The van der Waals surface area contributed by atoms with Crippen molar-refractivity contribution < 1.29 is 8.42 Å². The van der Waals surface area contributed by atoms with Crippen LogP contribution < -0.4 is 5.73 Å². The van der Waals surface area contributed by atoms with Crippen LogP contribution in [0.5, 0.6) is 0 Å². The van der Waals surface area contributed by atoms with E-state index in [0.717, 1.165) is 29.5 Å². The lowest BCUT2D eigenvalue weighted by Crippen LogP contribution is -2.22. The Bertz CT molecular complexity index is 542. The van der Waals surface area contributed by atoms with Crippen LogP contribution in [0.2, 0.25) is 0 Å². The number of hydrogen-bond donors (Lipinski definition) is 1. The van der Waals surface area contributed by atoms with Crippen LogP contribution in [-0.4, -0.2) is 14.7 Å². The summed E-state index contributed by atoms with van der Waals surface area (Å²) < 4.78 is 23.5. The molecule has 88 valence electrons. The largest absolute Gasteiger partial charge is 0.321 e. The summed E-state index contributed by atoms with van der Waals surface area (Å²) in [7, 11) is -3.20. The minimum absolute atomic E-state index is 0.399. The third kappa shape index (κ3) is 1.87. The van der Waals surface area contributed by atoms with Gasteiger partial charge in [0.2, 0.25) is 0 Å². The zero-order valence-corrected chi connectivity index (χ0v) is 10.7. The van der Waals surface area contributed by atoms with Crippen LogP contribution >= 0.6 is 0 Å². The van der Waals surface area contributed by atoms with Gasteiger partial charge >= 0.3 is 0 Å². The van der Waals surface area contributed by atoms with Crippen molar-refractivity contribution in [3.05, 3.63) is 28.8 Å². The zero-order valence-electron chi connectivity index (χ0n) is 9.87. The number of sulfone groups is 1. The van der Waals surface area contributed by atoms with Gasteiger partial charge in [0.05, 0.1) is 4.90 Å². The molecular weight excluding hydrogens is 222 g/mol. The molecule has 0 amide bonds. The molecule has 1 aliphatic rings. The molecule has 0 aliphatic heterocycles. The Kier molecular flexibility index (Phi) is 2.40. The Balaban J connectivity index is 2.71. The highest BCUT2D eigenvalue weighted by Gasteiger charge is 2.43. The van der Waals surface area contributed by atoms with E-state index in [-0.39, 0.29) is 0 Å². The first-order valence-electron chi connectivity index (χ1n) is 5.35. The van der Waals surface area contributed by atoms with Crippen molar-refractivity contribution in [2.75, 3.05) is 6.26 Å². The highest BCUT2D eigenvalue weighted by atomic mass is 32.2. The molecule has 1 saturated carbocycles. The number of nitrogens with two attached hydrogens (primary N) is 1. The summed E-state index contributed by atoms with van der Waals surface area (Å²) in [6.07, 6.45) is 2.99. The number of aryl methyl sites for hydroxylation is 2. The lowest BCUT2D eigenvalue weighted by Gasteiger charge is -2.16. The summed E-state index contributed by atoms with van der Waals surface area (Å²) in [6, 6.07) is 3.67. The SMILES string of the molecule is Cc1cc(C2(N)CC2)c(S(C)(=O)=O)cc1C. The highest BCUT2D eigenvalue weighted by molar-refractivity contribution is 7.90. The van der Waals surface area contributed by atoms with E-state index in [2.05, 4.69) is 0 Å². The summed E-state index contributed by atoms with van der Waals surface area (Å²) in [5.41, 5.74) is 8.59. The van der Waals surface area contributed by atoms with Crippen molar-refractivity contribution in [1.29, 1.82) is 0 Å². The molecule has 0 radical (unpaired) electrons. The minimum atomic E-state index is -3.20. The van der Waals surface area contributed by atoms with E-state index in [1.165, 1.54) is 6.26 Å². The summed E-state index contributed by atoms with van der Waals surface area (Å²) in [4.78, 5) is 0.399. The molecule has 2 N–H and O–H groups in total. The van der Waals surface area contributed by atoms with Crippen molar-refractivity contribution in [3.63, 3.8) is 0 Å². The average Bonchev–Trinajstić information content (AvgIpc) is 2.87. The maximum absolute atomic E-state index is 11.7. The molecule has 2 rings (SSSR count). The Labute approximate surface area is 96.6 Å². The molecule has 0 bridgehead atoms. The van der Waals surface area contributed by atoms with E-state index < -0.39 is 15.4 Å². The highest BCUT2D eigenvalue weighted by Crippen LogP contribution is 2.45. The van der Waals surface area contributed by atoms with E-state index in [1.54, 1.807) is 6.07 Å². The average molecular weight is 239 g/mol. The van der Waals surface area contributed by atoms with E-state index >= 15 is 0 Å². The van der Waals surface area contributed by atoms with Gasteiger partial charge in [0, 0.05) is 11.8 Å². The second-order valence-electron chi connectivity index (χ2n) is 4.86. The molecule has 0 atom stereocenters. The van der Waals surface area contributed by atoms with E-state index in [1.807, 2.05) is 19.9 Å². The molecule has 1 aromatic rings. The third-order valence-electron chi connectivity index (χ3n) is 3.32. The molecule has 1 aliphatic carbocycles. The topological polar surface area (TPSA) is 60.2 Å². The first kappa shape index (κ1) is 11.6. The molecule has 0 heterocycles.